The molecule has 152 valence electrons. The quantitative estimate of drug-likeness (QED) is 0.628. The van der Waals surface area contributed by atoms with Gasteiger partial charge in [0, 0.05) is 13.6 Å². The molecular weight excluding hydrogens is 395 g/mol. The third-order valence-corrected chi connectivity index (χ3v) is 5.14. The number of alkyl halides is 1. The van der Waals surface area contributed by atoms with Crippen molar-refractivity contribution in [3.8, 4) is 6.07 Å². The summed E-state index contributed by atoms with van der Waals surface area (Å²) in [6.45, 7) is 2.39. The number of amides is 1. The summed E-state index contributed by atoms with van der Waals surface area (Å²) >= 11 is 5.71. The monoisotopic (exact) mass is 416 g/mol. The summed E-state index contributed by atoms with van der Waals surface area (Å²) in [5.74, 6) is -0.320. The highest BCUT2D eigenvalue weighted by atomic mass is 35.5. The van der Waals surface area contributed by atoms with Gasteiger partial charge in [-0.25, -0.2) is 9.18 Å². The maximum absolute atomic E-state index is 13.5. The number of fused-ring (bicyclic) bond motifs is 1. The number of rotatable bonds is 6. The van der Waals surface area contributed by atoms with Gasteiger partial charge in [-0.15, -0.1) is 0 Å². The van der Waals surface area contributed by atoms with E-state index in [0.717, 1.165) is 16.7 Å². The average Bonchev–Trinajstić information content (AvgIpc) is 3.06. The van der Waals surface area contributed by atoms with Crippen LogP contribution in [-0.2, 0) is 21.7 Å². The van der Waals surface area contributed by atoms with Gasteiger partial charge in [-0.05, 0) is 60.7 Å². The van der Waals surface area contributed by atoms with Crippen molar-refractivity contribution in [2.45, 2.75) is 37.5 Å². The molecule has 0 bridgehead atoms. The first-order valence-corrected chi connectivity index (χ1v) is 9.78. The number of hydrogen-bond acceptors (Lipinski definition) is 4. The Labute approximate surface area is 174 Å². The van der Waals surface area contributed by atoms with Gasteiger partial charge in [0.05, 0.1) is 18.2 Å². The highest BCUT2D eigenvalue weighted by molar-refractivity contribution is 6.19. The highest BCUT2D eigenvalue weighted by Gasteiger charge is 2.41. The van der Waals surface area contributed by atoms with Crippen molar-refractivity contribution in [1.29, 1.82) is 5.26 Å². The SMILES string of the molecule is CC(Cl)OC(=O)N(C)CCCC1(c2ccc(F)cc2)OCc2cc(C#N)ccc21. The van der Waals surface area contributed by atoms with Gasteiger partial charge in [-0.3, -0.25) is 0 Å². The summed E-state index contributed by atoms with van der Waals surface area (Å²) in [6, 6.07) is 13.9. The molecule has 5 nitrogen and oxygen atoms in total. The van der Waals surface area contributed by atoms with E-state index in [2.05, 4.69) is 6.07 Å². The summed E-state index contributed by atoms with van der Waals surface area (Å²) in [5.41, 5.74) is 1.85. The van der Waals surface area contributed by atoms with E-state index in [0.29, 0.717) is 31.6 Å². The molecule has 0 aromatic heterocycles. The Hall–Kier alpha value is -2.62. The summed E-state index contributed by atoms with van der Waals surface area (Å²) in [6.07, 6.45) is 0.708. The van der Waals surface area contributed by atoms with Gasteiger partial charge >= 0.3 is 6.09 Å². The Kier molecular flexibility index (Phi) is 6.41. The van der Waals surface area contributed by atoms with Crippen LogP contribution in [0.25, 0.3) is 0 Å². The number of nitriles is 1. The van der Waals surface area contributed by atoms with E-state index >= 15 is 0 Å². The molecule has 0 saturated carbocycles. The Morgan fingerprint density at radius 3 is 2.76 bits per heavy atom. The molecular formula is C22H22ClFN2O3. The predicted molar refractivity (Wildman–Crippen MR) is 107 cm³/mol. The molecule has 0 fully saturated rings. The third-order valence-electron chi connectivity index (χ3n) is 5.05. The molecule has 1 heterocycles. The smallest absolute Gasteiger partial charge is 0.410 e. The first kappa shape index (κ1) is 21.1. The van der Waals surface area contributed by atoms with Crippen LogP contribution in [0.1, 0.15) is 42.0 Å². The molecule has 3 rings (SSSR count). The van der Waals surface area contributed by atoms with Crippen LogP contribution in [0.3, 0.4) is 0 Å². The number of nitrogens with zero attached hydrogens (tertiary/aromatic N) is 2. The second-order valence-corrected chi connectivity index (χ2v) is 7.67. The average molecular weight is 417 g/mol. The fourth-order valence-electron chi connectivity index (χ4n) is 3.65. The molecule has 0 spiro atoms. The van der Waals surface area contributed by atoms with Crippen LogP contribution in [0.4, 0.5) is 9.18 Å². The molecule has 2 unspecified atom stereocenters. The molecule has 29 heavy (non-hydrogen) atoms. The zero-order chi connectivity index (χ0) is 21.0. The lowest BCUT2D eigenvalue weighted by Gasteiger charge is -2.31. The maximum atomic E-state index is 13.5. The minimum atomic E-state index is -0.762. The molecule has 1 amide bonds. The van der Waals surface area contributed by atoms with Crippen molar-refractivity contribution in [3.05, 3.63) is 70.5 Å². The van der Waals surface area contributed by atoms with Crippen LogP contribution in [0.5, 0.6) is 0 Å². The van der Waals surface area contributed by atoms with E-state index in [1.54, 1.807) is 32.2 Å². The Morgan fingerprint density at radius 2 is 2.10 bits per heavy atom. The number of benzene rings is 2. The molecule has 0 aliphatic carbocycles. The minimum absolute atomic E-state index is 0.320. The lowest BCUT2D eigenvalue weighted by Crippen LogP contribution is -2.32. The van der Waals surface area contributed by atoms with Crippen molar-refractivity contribution in [2.24, 2.45) is 0 Å². The molecule has 2 aromatic carbocycles. The van der Waals surface area contributed by atoms with E-state index < -0.39 is 17.3 Å². The van der Waals surface area contributed by atoms with Crippen LogP contribution in [0, 0.1) is 17.1 Å². The number of halogens is 2. The number of ether oxygens (including phenoxy) is 2. The second-order valence-electron chi connectivity index (χ2n) is 7.06. The van der Waals surface area contributed by atoms with E-state index in [1.165, 1.54) is 17.0 Å². The lowest BCUT2D eigenvalue weighted by atomic mass is 9.81. The van der Waals surface area contributed by atoms with Gasteiger partial charge in [-0.1, -0.05) is 29.8 Å². The molecule has 2 aromatic rings. The molecule has 2 atom stereocenters. The number of carbonyl (C=O) groups is 1. The van der Waals surface area contributed by atoms with Gasteiger partial charge in [0.25, 0.3) is 0 Å². The summed E-state index contributed by atoms with van der Waals surface area (Å²) in [4.78, 5) is 13.4. The number of carbonyl (C=O) groups excluding carboxylic acids is 1. The maximum Gasteiger partial charge on any atom is 0.410 e. The van der Waals surface area contributed by atoms with E-state index in [-0.39, 0.29) is 5.82 Å². The second kappa shape index (κ2) is 8.81. The summed E-state index contributed by atoms with van der Waals surface area (Å²) in [7, 11) is 1.65. The first-order chi connectivity index (χ1) is 13.9. The lowest BCUT2D eigenvalue weighted by molar-refractivity contribution is -0.0143. The van der Waals surface area contributed by atoms with Crippen LogP contribution < -0.4 is 0 Å². The standard InChI is InChI=1S/C22H22ClFN2O3/c1-15(23)29-21(27)26(2)11-3-10-22(18-5-7-19(24)8-6-18)20-9-4-16(13-25)12-17(20)14-28-22/h4-9,12,15H,3,10-11,14H2,1-2H3. The van der Waals surface area contributed by atoms with Crippen molar-refractivity contribution < 1.29 is 18.7 Å². The zero-order valence-electron chi connectivity index (χ0n) is 16.3. The van der Waals surface area contributed by atoms with Crippen molar-refractivity contribution in [3.63, 3.8) is 0 Å². The normalized spacial score (nSPS) is 18.6. The fraction of sp³-hybridized carbons (Fsp3) is 0.364. The molecule has 1 aliphatic rings. The van der Waals surface area contributed by atoms with E-state index in [9.17, 15) is 14.4 Å². The Morgan fingerprint density at radius 1 is 1.38 bits per heavy atom. The van der Waals surface area contributed by atoms with Crippen LogP contribution in [0.15, 0.2) is 42.5 Å². The topological polar surface area (TPSA) is 62.6 Å². The van der Waals surface area contributed by atoms with Gasteiger partial charge < -0.3 is 14.4 Å². The minimum Gasteiger partial charge on any atom is -0.430 e. The first-order valence-electron chi connectivity index (χ1n) is 9.35. The predicted octanol–water partition coefficient (Wildman–Crippen LogP) is 4.90. The van der Waals surface area contributed by atoms with Gasteiger partial charge in [-0.2, -0.15) is 5.26 Å². The number of hydrogen-bond donors (Lipinski definition) is 0. The van der Waals surface area contributed by atoms with Gasteiger partial charge in [0.15, 0.2) is 5.56 Å². The molecule has 1 aliphatic heterocycles. The van der Waals surface area contributed by atoms with Crippen molar-refractivity contribution >= 4 is 17.7 Å². The van der Waals surface area contributed by atoms with Crippen molar-refractivity contribution in [1.82, 2.24) is 4.90 Å². The molecule has 7 heteroatoms. The fourth-order valence-corrected chi connectivity index (χ4v) is 3.73. The highest BCUT2D eigenvalue weighted by Crippen LogP contribution is 2.45. The summed E-state index contributed by atoms with van der Waals surface area (Å²) < 4.78 is 24.7. The molecule has 0 saturated heterocycles. The van der Waals surface area contributed by atoms with Crippen molar-refractivity contribution in [2.75, 3.05) is 13.6 Å². The molecule has 0 N–H and O–H groups in total. The Balaban J connectivity index is 1.84. The van der Waals surface area contributed by atoms with Crippen LogP contribution in [0.2, 0.25) is 0 Å². The van der Waals surface area contributed by atoms with Crippen LogP contribution >= 0.6 is 11.6 Å². The van der Waals surface area contributed by atoms with Crippen LogP contribution in [-0.4, -0.2) is 30.1 Å². The zero-order valence-corrected chi connectivity index (χ0v) is 17.1. The molecule has 0 radical (unpaired) electrons. The summed E-state index contributed by atoms with van der Waals surface area (Å²) in [5, 5.41) is 9.17. The van der Waals surface area contributed by atoms with Gasteiger partial charge in [0.2, 0.25) is 0 Å². The largest absolute Gasteiger partial charge is 0.430 e. The van der Waals surface area contributed by atoms with Gasteiger partial charge in [0.1, 0.15) is 11.4 Å². The van der Waals surface area contributed by atoms with E-state index in [4.69, 9.17) is 21.1 Å². The third kappa shape index (κ3) is 4.52. The Bertz CT molecular complexity index is 927. The van der Waals surface area contributed by atoms with E-state index in [1.807, 2.05) is 12.1 Å².